The molecule has 3 aromatic heterocycles. The van der Waals surface area contributed by atoms with Gasteiger partial charge in [0.1, 0.15) is 18.5 Å². The van der Waals surface area contributed by atoms with Gasteiger partial charge in [0.2, 0.25) is 0 Å². The van der Waals surface area contributed by atoms with Crippen molar-refractivity contribution in [1.82, 2.24) is 35.2 Å². The topological polar surface area (TPSA) is 144 Å². The zero-order valence-corrected chi connectivity index (χ0v) is 19.4. The minimum Gasteiger partial charge on any atom is -0.456 e. The van der Waals surface area contributed by atoms with Crippen molar-refractivity contribution in [2.75, 3.05) is 13.2 Å². The van der Waals surface area contributed by atoms with Crippen molar-refractivity contribution in [3.8, 4) is 34.1 Å². The van der Waals surface area contributed by atoms with E-state index in [1.165, 1.54) is 0 Å². The van der Waals surface area contributed by atoms with E-state index >= 15 is 0 Å². The summed E-state index contributed by atoms with van der Waals surface area (Å²) in [4.78, 5) is 12.0. The monoisotopic (exact) mass is 505 g/mol. The molecule has 3 atom stereocenters. The Morgan fingerprint density at radius 3 is 2.44 bits per heavy atom. The van der Waals surface area contributed by atoms with Crippen LogP contribution in [-0.2, 0) is 4.74 Å². The Morgan fingerprint density at radius 1 is 1.06 bits per heavy atom. The second-order valence-electron chi connectivity index (χ2n) is 8.31. The van der Waals surface area contributed by atoms with E-state index < -0.39 is 18.3 Å². The summed E-state index contributed by atoms with van der Waals surface area (Å²) in [6.45, 7) is -0.137. The van der Waals surface area contributed by atoms with Crippen LogP contribution in [0, 0.1) is 0 Å². The number of aliphatic hydroxyl groups excluding tert-OH is 2. The number of fused-ring (bicyclic) bond motifs is 1. The van der Waals surface area contributed by atoms with Gasteiger partial charge in [-0.25, -0.2) is 9.67 Å². The van der Waals surface area contributed by atoms with Crippen molar-refractivity contribution < 1.29 is 19.7 Å². The van der Waals surface area contributed by atoms with Crippen molar-refractivity contribution in [3.63, 3.8) is 0 Å². The molecule has 1 aliphatic heterocycles. The van der Waals surface area contributed by atoms with E-state index in [9.17, 15) is 10.2 Å². The van der Waals surface area contributed by atoms with Gasteiger partial charge in [-0.15, -0.1) is 5.10 Å². The smallest absolute Gasteiger partial charge is 0.296 e. The first-order valence-electron chi connectivity index (χ1n) is 11.2. The number of nitrogens with one attached hydrogen (secondary N) is 1. The zero-order chi connectivity index (χ0) is 24.6. The summed E-state index contributed by atoms with van der Waals surface area (Å²) in [5, 5.41) is 31.1. The number of hydrogen-bond donors (Lipinski definition) is 3. The highest BCUT2D eigenvalue weighted by molar-refractivity contribution is 6.33. The Morgan fingerprint density at radius 2 is 1.78 bits per heavy atom. The molecule has 5 aromatic rings. The minimum atomic E-state index is -0.954. The van der Waals surface area contributed by atoms with Gasteiger partial charge >= 0.3 is 0 Å². The summed E-state index contributed by atoms with van der Waals surface area (Å²) >= 11 is 6.54. The quantitative estimate of drug-likeness (QED) is 0.317. The summed E-state index contributed by atoms with van der Waals surface area (Å²) in [5.74, 6) is 0. The largest absolute Gasteiger partial charge is 0.456 e. The Bertz CT molecular complexity index is 1490. The molecule has 1 saturated heterocycles. The molecule has 2 aromatic carbocycles. The number of aliphatic hydroxyl groups is 2. The minimum absolute atomic E-state index is 0.148. The summed E-state index contributed by atoms with van der Waals surface area (Å²) < 4.78 is 12.7. The van der Waals surface area contributed by atoms with E-state index in [4.69, 9.17) is 21.1 Å². The number of aromatic amines is 1. The molecule has 0 bridgehead atoms. The lowest BCUT2D eigenvalue weighted by Gasteiger charge is -2.15. The van der Waals surface area contributed by atoms with Crippen LogP contribution in [0.2, 0.25) is 5.02 Å². The second kappa shape index (κ2) is 9.28. The highest BCUT2D eigenvalue weighted by atomic mass is 35.5. The third-order valence-electron chi connectivity index (χ3n) is 6.06. The van der Waals surface area contributed by atoms with Gasteiger partial charge in [-0.05, 0) is 39.8 Å². The first-order chi connectivity index (χ1) is 17.6. The molecule has 36 heavy (non-hydrogen) atoms. The maximum absolute atomic E-state index is 10.2. The molecule has 4 heterocycles. The van der Waals surface area contributed by atoms with E-state index in [1.54, 1.807) is 17.1 Å². The number of halogens is 1. The molecule has 6 rings (SSSR count). The van der Waals surface area contributed by atoms with Crippen LogP contribution >= 0.6 is 11.6 Å². The van der Waals surface area contributed by atoms with Crippen molar-refractivity contribution in [2.45, 2.75) is 18.3 Å². The third-order valence-corrected chi connectivity index (χ3v) is 6.34. The summed E-state index contributed by atoms with van der Waals surface area (Å²) in [6, 6.07) is 17.7. The lowest BCUT2D eigenvalue weighted by atomic mass is 10.0. The van der Waals surface area contributed by atoms with Crippen LogP contribution in [0.4, 0.5) is 0 Å². The molecule has 0 radical (unpaired) electrons. The van der Waals surface area contributed by atoms with Crippen LogP contribution in [0.5, 0.6) is 6.01 Å². The Balaban J connectivity index is 1.22. The maximum atomic E-state index is 10.2. The first kappa shape index (κ1) is 22.6. The number of hydrogen-bond acceptors (Lipinski definition) is 9. The number of H-pyrrole nitrogens is 1. The van der Waals surface area contributed by atoms with Gasteiger partial charge in [0.05, 0.1) is 35.1 Å². The third kappa shape index (κ3) is 4.18. The fourth-order valence-corrected chi connectivity index (χ4v) is 4.38. The normalized spacial score (nSPS) is 19.7. The van der Waals surface area contributed by atoms with Crippen LogP contribution < -0.4 is 4.74 Å². The molecular weight excluding hydrogens is 486 g/mol. The Labute approximate surface area is 209 Å². The standard InChI is InChI=1S/C24H20ClN7O4/c25-17-9-18-23(29-24(27-18)36-20-11-35-19(10-33)22(20)34)28-21(17)15-3-1-13(2-4-15)14-5-7-16(8-6-14)32-12-26-30-31-32/h1-9,12,19-20,22,33-34H,10-11H2,(H,27,28,29)/t19-,20-,22-/m1/s1. The SMILES string of the molecule is OC[C@H]1OC[C@@H](Oc2nc3nc(-c4ccc(-c5ccc(-n6cnnn6)cc5)cc4)c(Cl)cc3[nH]2)[C@@H]1O. The lowest BCUT2D eigenvalue weighted by Crippen LogP contribution is -2.36. The summed E-state index contributed by atoms with van der Waals surface area (Å²) in [6.07, 6.45) is -0.729. The van der Waals surface area contributed by atoms with Gasteiger partial charge in [-0.1, -0.05) is 48.0 Å². The Hall–Kier alpha value is -3.90. The van der Waals surface area contributed by atoms with Crippen molar-refractivity contribution >= 4 is 22.8 Å². The number of nitrogens with zero attached hydrogens (tertiary/aromatic N) is 6. The van der Waals surface area contributed by atoms with Crippen LogP contribution in [0.1, 0.15) is 0 Å². The molecule has 0 unspecified atom stereocenters. The van der Waals surface area contributed by atoms with Crippen LogP contribution in [0.3, 0.4) is 0 Å². The van der Waals surface area contributed by atoms with Gasteiger partial charge in [0.15, 0.2) is 11.8 Å². The molecule has 0 saturated carbocycles. The predicted molar refractivity (Wildman–Crippen MR) is 130 cm³/mol. The molecule has 182 valence electrons. The number of ether oxygens (including phenoxy) is 2. The van der Waals surface area contributed by atoms with Gasteiger partial charge in [-0.2, -0.15) is 4.98 Å². The van der Waals surface area contributed by atoms with E-state index in [-0.39, 0.29) is 19.2 Å². The van der Waals surface area contributed by atoms with Crippen LogP contribution in [0.15, 0.2) is 60.9 Å². The number of pyridine rings is 1. The van der Waals surface area contributed by atoms with Gasteiger partial charge in [-0.3, -0.25) is 0 Å². The highest BCUT2D eigenvalue weighted by Crippen LogP contribution is 2.32. The lowest BCUT2D eigenvalue weighted by molar-refractivity contribution is -0.00390. The van der Waals surface area contributed by atoms with Crippen LogP contribution in [0.25, 0.3) is 39.2 Å². The number of benzene rings is 2. The average Bonchev–Trinajstić information content (AvgIpc) is 3.65. The molecular formula is C24H20ClN7O4. The molecule has 12 heteroatoms. The van der Waals surface area contributed by atoms with E-state index in [1.807, 2.05) is 48.5 Å². The van der Waals surface area contributed by atoms with Crippen molar-refractivity contribution in [3.05, 3.63) is 65.9 Å². The van der Waals surface area contributed by atoms with Crippen molar-refractivity contribution in [1.29, 1.82) is 0 Å². The number of tetrazole rings is 1. The predicted octanol–water partition coefficient (Wildman–Crippen LogP) is 2.42. The van der Waals surface area contributed by atoms with Crippen molar-refractivity contribution in [2.24, 2.45) is 0 Å². The average molecular weight is 506 g/mol. The van der Waals surface area contributed by atoms with Gasteiger partial charge in [0, 0.05) is 5.56 Å². The fourth-order valence-electron chi connectivity index (χ4n) is 4.12. The Kier molecular flexibility index (Phi) is 5.82. The summed E-state index contributed by atoms with van der Waals surface area (Å²) in [7, 11) is 0. The van der Waals surface area contributed by atoms with E-state index in [0.29, 0.717) is 21.9 Å². The number of rotatable bonds is 6. The zero-order valence-electron chi connectivity index (χ0n) is 18.7. The molecule has 11 nitrogen and oxygen atoms in total. The fraction of sp³-hybridized carbons (Fsp3) is 0.208. The first-order valence-corrected chi connectivity index (χ1v) is 11.5. The molecule has 0 spiro atoms. The van der Waals surface area contributed by atoms with Gasteiger partial charge in [0.25, 0.3) is 6.01 Å². The number of imidazole rings is 1. The maximum Gasteiger partial charge on any atom is 0.296 e. The van der Waals surface area contributed by atoms with Gasteiger partial charge < -0.3 is 24.7 Å². The highest BCUT2D eigenvalue weighted by Gasteiger charge is 2.37. The molecule has 1 aliphatic rings. The molecule has 0 amide bonds. The molecule has 1 fully saturated rings. The molecule has 0 aliphatic carbocycles. The number of aromatic nitrogens is 7. The van der Waals surface area contributed by atoms with E-state index in [0.717, 1.165) is 22.4 Å². The molecule has 3 N–H and O–H groups in total. The van der Waals surface area contributed by atoms with Crippen LogP contribution in [-0.4, -0.2) is 76.9 Å². The summed E-state index contributed by atoms with van der Waals surface area (Å²) in [5.41, 5.74) is 5.41. The van der Waals surface area contributed by atoms with E-state index in [2.05, 4.69) is 30.5 Å². The second-order valence-corrected chi connectivity index (χ2v) is 8.72.